The molecule has 0 N–H and O–H groups in total. The number of anilines is 1. The van der Waals surface area contributed by atoms with Crippen molar-refractivity contribution in [3.05, 3.63) is 71.2 Å². The van der Waals surface area contributed by atoms with Crippen LogP contribution < -0.4 is 14.4 Å². The van der Waals surface area contributed by atoms with Crippen LogP contribution in [0.5, 0.6) is 11.5 Å². The number of rotatable bonds is 7. The predicted molar refractivity (Wildman–Crippen MR) is 129 cm³/mol. The average molecular weight is 459 g/mol. The number of ether oxygens (including phenoxy) is 2. The highest BCUT2D eigenvalue weighted by Crippen LogP contribution is 2.25. The molecule has 174 valence electrons. The van der Waals surface area contributed by atoms with E-state index in [2.05, 4.69) is 11.1 Å². The third-order valence-electron chi connectivity index (χ3n) is 5.52. The third kappa shape index (κ3) is 5.56. The number of carbonyl (C=O) groups is 1. The second-order valence-electron chi connectivity index (χ2n) is 7.90. The fraction of sp³-hybridized carbons (Fsp3) is 0.269. The maximum absolute atomic E-state index is 12.6. The highest BCUT2D eigenvalue weighted by Gasteiger charge is 2.26. The predicted octanol–water partition coefficient (Wildman–Crippen LogP) is 3.76. The van der Waals surface area contributed by atoms with E-state index in [1.807, 2.05) is 66.4 Å². The van der Waals surface area contributed by atoms with Crippen molar-refractivity contribution < 1.29 is 18.7 Å². The smallest absolute Gasteiger partial charge is 0.260 e. The molecule has 1 fully saturated rings. The van der Waals surface area contributed by atoms with E-state index in [1.54, 1.807) is 18.1 Å². The fourth-order valence-corrected chi connectivity index (χ4v) is 3.70. The van der Waals surface area contributed by atoms with Gasteiger partial charge in [-0.05, 0) is 48.4 Å². The van der Waals surface area contributed by atoms with E-state index in [9.17, 15) is 10.1 Å². The Morgan fingerprint density at radius 2 is 1.88 bits per heavy atom. The van der Waals surface area contributed by atoms with E-state index in [4.69, 9.17) is 13.9 Å². The van der Waals surface area contributed by atoms with Crippen LogP contribution in [0.15, 0.2) is 52.9 Å². The Morgan fingerprint density at radius 1 is 1.12 bits per heavy atom. The molecular formula is C26H26N4O4. The summed E-state index contributed by atoms with van der Waals surface area (Å²) in [4.78, 5) is 20.6. The summed E-state index contributed by atoms with van der Waals surface area (Å²) in [7, 11) is 1.62. The van der Waals surface area contributed by atoms with E-state index in [1.165, 1.54) is 0 Å². The van der Waals surface area contributed by atoms with Crippen molar-refractivity contribution in [3.63, 3.8) is 0 Å². The van der Waals surface area contributed by atoms with E-state index < -0.39 is 0 Å². The lowest BCUT2D eigenvalue weighted by Gasteiger charge is -2.34. The minimum absolute atomic E-state index is 0.00553. The van der Waals surface area contributed by atoms with Gasteiger partial charge in [0.1, 0.15) is 17.6 Å². The highest BCUT2D eigenvalue weighted by molar-refractivity contribution is 5.78. The zero-order chi connectivity index (χ0) is 23.9. The Balaban J connectivity index is 1.35. The van der Waals surface area contributed by atoms with Crippen molar-refractivity contribution in [1.29, 1.82) is 5.26 Å². The molecular weight excluding hydrogens is 432 g/mol. The van der Waals surface area contributed by atoms with Gasteiger partial charge in [-0.1, -0.05) is 24.3 Å². The summed E-state index contributed by atoms with van der Waals surface area (Å²) < 4.78 is 16.8. The molecule has 0 atom stereocenters. The molecule has 8 heteroatoms. The number of oxazole rings is 1. The van der Waals surface area contributed by atoms with Crippen molar-refractivity contribution in [2.75, 3.05) is 44.8 Å². The first kappa shape index (κ1) is 22.9. The number of aryl methyl sites for hydroxylation is 1. The van der Waals surface area contributed by atoms with Gasteiger partial charge in [0.05, 0.1) is 7.11 Å². The molecule has 0 aliphatic carbocycles. The molecule has 0 unspecified atom stereocenters. The first-order valence-corrected chi connectivity index (χ1v) is 11.0. The maximum atomic E-state index is 12.6. The minimum Gasteiger partial charge on any atom is -0.497 e. The van der Waals surface area contributed by atoms with Gasteiger partial charge in [-0.15, -0.1) is 0 Å². The van der Waals surface area contributed by atoms with Crippen molar-refractivity contribution >= 4 is 23.9 Å². The summed E-state index contributed by atoms with van der Waals surface area (Å²) in [5, 5.41) is 9.53. The molecule has 4 rings (SSSR count). The third-order valence-corrected chi connectivity index (χ3v) is 5.52. The molecule has 0 spiro atoms. The van der Waals surface area contributed by atoms with Gasteiger partial charge < -0.3 is 23.7 Å². The van der Waals surface area contributed by atoms with Gasteiger partial charge in [-0.2, -0.15) is 10.2 Å². The molecule has 0 saturated carbocycles. The number of carbonyl (C=O) groups excluding carboxylic acids is 1. The second kappa shape index (κ2) is 10.6. The average Bonchev–Trinajstić information content (AvgIpc) is 3.30. The Hall–Kier alpha value is -4.25. The number of hydrogen-bond donors (Lipinski definition) is 0. The van der Waals surface area contributed by atoms with E-state index in [-0.39, 0.29) is 18.2 Å². The van der Waals surface area contributed by atoms with E-state index >= 15 is 0 Å². The largest absolute Gasteiger partial charge is 0.497 e. The summed E-state index contributed by atoms with van der Waals surface area (Å²) in [5.41, 5.74) is 2.24. The van der Waals surface area contributed by atoms with Crippen LogP contribution in [0.1, 0.15) is 22.7 Å². The molecule has 1 aliphatic heterocycles. The lowest BCUT2D eigenvalue weighted by Crippen LogP contribution is -2.50. The summed E-state index contributed by atoms with van der Waals surface area (Å²) in [6, 6.07) is 17.3. The van der Waals surface area contributed by atoms with Crippen LogP contribution in [0.25, 0.3) is 12.2 Å². The number of amides is 1. The number of nitrogens with zero attached hydrogens (tertiary/aromatic N) is 4. The molecule has 1 aliphatic rings. The van der Waals surface area contributed by atoms with E-state index in [0.29, 0.717) is 43.7 Å². The number of hydrogen-bond acceptors (Lipinski definition) is 7. The topological polar surface area (TPSA) is 91.8 Å². The molecule has 1 amide bonds. The van der Waals surface area contributed by atoms with Crippen LogP contribution in [0.4, 0.5) is 5.88 Å². The summed E-state index contributed by atoms with van der Waals surface area (Å²) in [6.07, 6.45) is 3.58. The van der Waals surface area contributed by atoms with Crippen LogP contribution in [-0.2, 0) is 4.79 Å². The fourth-order valence-electron chi connectivity index (χ4n) is 3.70. The first-order valence-electron chi connectivity index (χ1n) is 11.0. The van der Waals surface area contributed by atoms with Crippen molar-refractivity contribution in [1.82, 2.24) is 9.88 Å². The van der Waals surface area contributed by atoms with Crippen LogP contribution in [0.3, 0.4) is 0 Å². The van der Waals surface area contributed by atoms with Gasteiger partial charge in [0, 0.05) is 32.3 Å². The van der Waals surface area contributed by atoms with Gasteiger partial charge in [-0.25, -0.2) is 0 Å². The lowest BCUT2D eigenvalue weighted by molar-refractivity contribution is -0.133. The van der Waals surface area contributed by atoms with Crippen LogP contribution in [0, 0.1) is 18.3 Å². The molecule has 34 heavy (non-hydrogen) atoms. The Bertz CT molecular complexity index is 1220. The first-order chi connectivity index (χ1) is 16.6. The molecule has 1 aromatic heterocycles. The second-order valence-corrected chi connectivity index (χ2v) is 7.90. The van der Waals surface area contributed by atoms with Crippen molar-refractivity contribution in [2.24, 2.45) is 0 Å². The number of methoxy groups -OCH3 is 1. The van der Waals surface area contributed by atoms with Gasteiger partial charge in [0.2, 0.25) is 17.5 Å². The SMILES string of the molecule is COc1cccc(/C=C/c2nc(C#N)c(N3CCN(C(=O)COc4cccc(C)c4)CC3)o2)c1. The molecule has 0 bridgehead atoms. The maximum Gasteiger partial charge on any atom is 0.260 e. The Morgan fingerprint density at radius 3 is 2.62 bits per heavy atom. The van der Waals surface area contributed by atoms with E-state index in [0.717, 1.165) is 16.9 Å². The van der Waals surface area contributed by atoms with Gasteiger partial charge in [0.15, 0.2) is 6.61 Å². The zero-order valence-corrected chi connectivity index (χ0v) is 19.2. The van der Waals surface area contributed by atoms with Crippen LogP contribution in [0.2, 0.25) is 0 Å². The highest BCUT2D eigenvalue weighted by atomic mass is 16.5. The molecule has 8 nitrogen and oxygen atoms in total. The number of benzene rings is 2. The van der Waals surface area contributed by atoms with Crippen LogP contribution in [-0.4, -0.2) is 55.7 Å². The molecule has 2 aromatic carbocycles. The normalized spacial score (nSPS) is 13.7. The lowest BCUT2D eigenvalue weighted by atomic mass is 10.2. The minimum atomic E-state index is -0.0684. The molecule has 1 saturated heterocycles. The van der Waals surface area contributed by atoms with Gasteiger partial charge in [-0.3, -0.25) is 4.79 Å². The summed E-state index contributed by atoms with van der Waals surface area (Å²) in [6.45, 7) is 4.08. The summed E-state index contributed by atoms with van der Waals surface area (Å²) in [5.74, 6) is 2.14. The monoisotopic (exact) mass is 458 g/mol. The zero-order valence-electron chi connectivity index (χ0n) is 19.2. The molecule has 0 radical (unpaired) electrons. The quantitative estimate of drug-likeness (QED) is 0.532. The van der Waals surface area contributed by atoms with Crippen LogP contribution >= 0.6 is 0 Å². The standard InChI is InChI=1S/C26H26N4O4/c1-19-5-3-8-22(15-19)33-18-25(31)29-11-13-30(14-12-29)26-23(17-27)28-24(34-26)10-9-20-6-4-7-21(16-20)32-2/h3-10,15-16H,11-14,18H2,1-2H3/b10-9+. The molecule has 3 aromatic rings. The molecule has 2 heterocycles. The van der Waals surface area contributed by atoms with Gasteiger partial charge in [0.25, 0.3) is 5.91 Å². The Kier molecular flexibility index (Phi) is 7.13. The number of nitriles is 1. The van der Waals surface area contributed by atoms with Crippen molar-refractivity contribution in [3.8, 4) is 17.6 Å². The van der Waals surface area contributed by atoms with Crippen molar-refractivity contribution in [2.45, 2.75) is 6.92 Å². The van der Waals surface area contributed by atoms with Gasteiger partial charge >= 0.3 is 0 Å². The number of piperazine rings is 1. The Labute approximate surface area is 198 Å². The number of aromatic nitrogens is 1. The summed E-state index contributed by atoms with van der Waals surface area (Å²) >= 11 is 0.